The van der Waals surface area contributed by atoms with Gasteiger partial charge in [-0.2, -0.15) is 0 Å². The lowest BCUT2D eigenvalue weighted by Crippen LogP contribution is -2.34. The van der Waals surface area contributed by atoms with Gasteiger partial charge >= 0.3 is 0 Å². The molecule has 0 saturated carbocycles. The van der Waals surface area contributed by atoms with Crippen molar-refractivity contribution in [1.29, 1.82) is 0 Å². The summed E-state index contributed by atoms with van der Waals surface area (Å²) < 4.78 is 0. The monoisotopic (exact) mass is 331 g/mol. The number of hydrogen-bond donors (Lipinski definition) is 0. The van der Waals surface area contributed by atoms with Crippen molar-refractivity contribution in [2.45, 2.75) is 19.3 Å². The van der Waals surface area contributed by atoms with Crippen molar-refractivity contribution in [3.05, 3.63) is 52.4 Å². The summed E-state index contributed by atoms with van der Waals surface area (Å²) in [6, 6.07) is 12.0. The second-order valence-electron chi connectivity index (χ2n) is 5.43. The Kier molecular flexibility index (Phi) is 4.96. The number of carbonyl (C=O) groups is 1. The summed E-state index contributed by atoms with van der Waals surface area (Å²) in [5.41, 5.74) is 1.15. The van der Waals surface area contributed by atoms with Crippen molar-refractivity contribution in [3.8, 4) is 10.4 Å². The lowest BCUT2D eigenvalue weighted by atomic mass is 10.1. The molecule has 0 atom stereocenters. The van der Waals surface area contributed by atoms with Crippen LogP contribution < -0.4 is 0 Å². The van der Waals surface area contributed by atoms with Crippen LogP contribution in [0.15, 0.2) is 42.5 Å². The zero-order valence-electron chi connectivity index (χ0n) is 12.3. The van der Waals surface area contributed by atoms with E-state index in [-0.39, 0.29) is 5.91 Å². The van der Waals surface area contributed by atoms with Crippen molar-refractivity contribution < 1.29 is 4.79 Å². The van der Waals surface area contributed by atoms with E-state index >= 15 is 0 Å². The van der Waals surface area contributed by atoms with Crippen LogP contribution in [0.1, 0.15) is 24.1 Å². The van der Waals surface area contributed by atoms with Gasteiger partial charge in [-0.15, -0.1) is 11.3 Å². The fourth-order valence-electron chi connectivity index (χ4n) is 2.58. The molecule has 2 nitrogen and oxygen atoms in total. The summed E-state index contributed by atoms with van der Waals surface area (Å²) in [5.74, 6) is 0.126. The van der Waals surface area contributed by atoms with E-state index in [9.17, 15) is 4.79 Å². The number of rotatable bonds is 3. The molecule has 1 saturated heterocycles. The molecule has 1 aliphatic rings. The molecule has 114 valence electrons. The quantitative estimate of drug-likeness (QED) is 0.717. The Morgan fingerprint density at radius 3 is 2.50 bits per heavy atom. The van der Waals surface area contributed by atoms with Crippen molar-refractivity contribution in [1.82, 2.24) is 4.90 Å². The zero-order chi connectivity index (χ0) is 15.4. The van der Waals surface area contributed by atoms with E-state index in [1.807, 2.05) is 35.2 Å². The molecule has 0 bridgehead atoms. The molecule has 1 amide bonds. The van der Waals surface area contributed by atoms with Gasteiger partial charge in [0, 0.05) is 33.9 Å². The Morgan fingerprint density at radius 2 is 1.77 bits per heavy atom. The number of benzene rings is 1. The van der Waals surface area contributed by atoms with E-state index in [1.165, 1.54) is 11.3 Å². The zero-order valence-corrected chi connectivity index (χ0v) is 13.9. The number of nitrogens with zero attached hydrogens (tertiary/aromatic N) is 1. The minimum atomic E-state index is 0.126. The molecular formula is C18H18ClNOS. The van der Waals surface area contributed by atoms with Gasteiger partial charge in [-0.3, -0.25) is 4.79 Å². The molecule has 2 heterocycles. The van der Waals surface area contributed by atoms with Crippen LogP contribution in [0.3, 0.4) is 0 Å². The molecule has 22 heavy (non-hydrogen) atoms. The van der Waals surface area contributed by atoms with Gasteiger partial charge in [0.15, 0.2) is 0 Å². The van der Waals surface area contributed by atoms with Crippen LogP contribution in [0.4, 0.5) is 0 Å². The summed E-state index contributed by atoms with van der Waals surface area (Å²) in [5, 5.41) is 0.743. The molecule has 0 radical (unpaired) electrons. The van der Waals surface area contributed by atoms with Gasteiger partial charge < -0.3 is 4.90 Å². The first-order valence-electron chi connectivity index (χ1n) is 7.55. The SMILES string of the molecule is O=C(C=Cc1ccc(-c2ccc(Cl)cc2)s1)N1CCCCC1. The molecule has 3 rings (SSSR count). The molecule has 0 unspecified atom stereocenters. The Labute approximate surface area is 140 Å². The number of amides is 1. The highest BCUT2D eigenvalue weighted by atomic mass is 35.5. The van der Waals surface area contributed by atoms with Gasteiger partial charge in [0.1, 0.15) is 0 Å². The molecule has 1 aromatic carbocycles. The van der Waals surface area contributed by atoms with Crippen molar-refractivity contribution in [3.63, 3.8) is 0 Å². The minimum Gasteiger partial charge on any atom is -0.339 e. The molecular weight excluding hydrogens is 314 g/mol. The van der Waals surface area contributed by atoms with Crippen LogP contribution >= 0.6 is 22.9 Å². The lowest BCUT2D eigenvalue weighted by molar-refractivity contribution is -0.126. The summed E-state index contributed by atoms with van der Waals surface area (Å²) in [7, 11) is 0. The van der Waals surface area contributed by atoms with Gasteiger partial charge in [0.25, 0.3) is 0 Å². The van der Waals surface area contributed by atoms with E-state index in [0.29, 0.717) is 0 Å². The molecule has 0 spiro atoms. The Morgan fingerprint density at radius 1 is 1.05 bits per heavy atom. The third-order valence-electron chi connectivity index (χ3n) is 3.81. The van der Waals surface area contributed by atoms with Crippen LogP contribution in [0.5, 0.6) is 0 Å². The topological polar surface area (TPSA) is 20.3 Å². The average Bonchev–Trinajstić information content (AvgIpc) is 3.03. The molecule has 4 heteroatoms. The van der Waals surface area contributed by atoms with E-state index in [1.54, 1.807) is 17.4 Å². The van der Waals surface area contributed by atoms with Crippen molar-refractivity contribution in [2.75, 3.05) is 13.1 Å². The van der Waals surface area contributed by atoms with Crippen LogP contribution in [-0.2, 0) is 4.79 Å². The fraction of sp³-hybridized carbons (Fsp3) is 0.278. The summed E-state index contributed by atoms with van der Waals surface area (Å²) in [6.07, 6.45) is 7.10. The first-order chi connectivity index (χ1) is 10.7. The van der Waals surface area contributed by atoms with E-state index in [4.69, 9.17) is 11.6 Å². The molecule has 2 aromatic rings. The predicted octanol–water partition coefficient (Wildman–Crippen LogP) is 5.09. The minimum absolute atomic E-state index is 0.126. The average molecular weight is 332 g/mol. The standard InChI is InChI=1S/C18H18ClNOS/c19-15-6-4-14(5-7-15)17-10-8-16(22-17)9-11-18(21)20-12-2-1-3-13-20/h4-11H,1-3,12-13H2. The first-order valence-corrected chi connectivity index (χ1v) is 8.74. The Bertz CT molecular complexity index is 669. The normalized spacial score (nSPS) is 15.4. The third kappa shape index (κ3) is 3.79. The van der Waals surface area contributed by atoms with Gasteiger partial charge in [-0.25, -0.2) is 0 Å². The lowest BCUT2D eigenvalue weighted by Gasteiger charge is -2.25. The number of hydrogen-bond acceptors (Lipinski definition) is 2. The second kappa shape index (κ2) is 7.12. The van der Waals surface area contributed by atoms with E-state index in [2.05, 4.69) is 12.1 Å². The molecule has 0 N–H and O–H groups in total. The summed E-state index contributed by atoms with van der Waals surface area (Å²) in [6.45, 7) is 1.78. The number of halogens is 1. The van der Waals surface area contributed by atoms with Crippen LogP contribution in [0.2, 0.25) is 5.02 Å². The summed E-state index contributed by atoms with van der Waals surface area (Å²) >= 11 is 7.59. The van der Waals surface area contributed by atoms with Crippen LogP contribution in [0, 0.1) is 0 Å². The Balaban J connectivity index is 1.67. The highest BCUT2D eigenvalue weighted by Gasteiger charge is 2.13. The molecule has 1 fully saturated rings. The Hall–Kier alpha value is -1.58. The van der Waals surface area contributed by atoms with E-state index in [0.717, 1.165) is 41.4 Å². The highest BCUT2D eigenvalue weighted by molar-refractivity contribution is 7.16. The van der Waals surface area contributed by atoms with Crippen LogP contribution in [0.25, 0.3) is 16.5 Å². The molecule has 1 aliphatic heterocycles. The number of thiophene rings is 1. The predicted molar refractivity (Wildman–Crippen MR) is 94.2 cm³/mol. The van der Waals surface area contributed by atoms with Gasteiger partial charge in [-0.05, 0) is 55.2 Å². The third-order valence-corrected chi connectivity index (χ3v) is 5.16. The maximum absolute atomic E-state index is 12.1. The smallest absolute Gasteiger partial charge is 0.246 e. The summed E-state index contributed by atoms with van der Waals surface area (Å²) in [4.78, 5) is 16.3. The van der Waals surface area contributed by atoms with Gasteiger partial charge in [0.05, 0.1) is 0 Å². The van der Waals surface area contributed by atoms with Crippen molar-refractivity contribution in [2.24, 2.45) is 0 Å². The van der Waals surface area contributed by atoms with E-state index < -0.39 is 0 Å². The maximum atomic E-state index is 12.1. The van der Waals surface area contributed by atoms with Crippen molar-refractivity contribution >= 4 is 34.9 Å². The number of carbonyl (C=O) groups excluding carboxylic acids is 1. The second-order valence-corrected chi connectivity index (χ2v) is 6.98. The number of likely N-dealkylation sites (tertiary alicyclic amines) is 1. The maximum Gasteiger partial charge on any atom is 0.246 e. The van der Waals surface area contributed by atoms with Gasteiger partial charge in [0.2, 0.25) is 5.91 Å². The highest BCUT2D eigenvalue weighted by Crippen LogP contribution is 2.29. The van der Waals surface area contributed by atoms with Crippen LogP contribution in [-0.4, -0.2) is 23.9 Å². The largest absolute Gasteiger partial charge is 0.339 e. The number of piperidine rings is 1. The van der Waals surface area contributed by atoms with Gasteiger partial charge in [-0.1, -0.05) is 23.7 Å². The fourth-order valence-corrected chi connectivity index (χ4v) is 3.63. The first kappa shape index (κ1) is 15.3. The molecule has 1 aromatic heterocycles. The molecule has 0 aliphatic carbocycles.